The summed E-state index contributed by atoms with van der Waals surface area (Å²) in [5.41, 5.74) is 2.12. The van der Waals surface area contributed by atoms with Crippen LogP contribution in [-0.2, 0) is 4.74 Å². The molecule has 138 valence electrons. The molecule has 1 saturated heterocycles. The second kappa shape index (κ2) is 8.56. The topological polar surface area (TPSA) is 49.8 Å². The predicted octanol–water partition coefficient (Wildman–Crippen LogP) is 4.74. The van der Waals surface area contributed by atoms with Gasteiger partial charge in [0.05, 0.1) is 6.10 Å². The third-order valence-corrected chi connectivity index (χ3v) is 4.87. The van der Waals surface area contributed by atoms with Gasteiger partial charge in [0.2, 0.25) is 0 Å². The lowest BCUT2D eigenvalue weighted by molar-refractivity contribution is 0.0526. The first kappa shape index (κ1) is 18.7. The Bertz CT molecular complexity index is 754. The van der Waals surface area contributed by atoms with Gasteiger partial charge in [0.25, 0.3) is 5.91 Å². The zero-order chi connectivity index (χ0) is 18.5. The van der Waals surface area contributed by atoms with E-state index in [0.717, 1.165) is 38.0 Å². The molecule has 1 heterocycles. The van der Waals surface area contributed by atoms with E-state index in [4.69, 9.17) is 16.3 Å². The molecule has 3 rings (SSSR count). The van der Waals surface area contributed by atoms with E-state index in [0.29, 0.717) is 22.7 Å². The molecule has 1 atom stereocenters. The number of phenolic OH excluding ortho intramolecular Hbond substituents is 1. The van der Waals surface area contributed by atoms with Gasteiger partial charge < -0.3 is 14.7 Å². The summed E-state index contributed by atoms with van der Waals surface area (Å²) in [6.45, 7) is 4.22. The molecule has 0 aromatic heterocycles. The van der Waals surface area contributed by atoms with Crippen molar-refractivity contribution in [2.24, 2.45) is 0 Å². The van der Waals surface area contributed by atoms with Crippen molar-refractivity contribution in [2.45, 2.75) is 32.3 Å². The lowest BCUT2D eigenvalue weighted by Crippen LogP contribution is -2.37. The van der Waals surface area contributed by atoms with Gasteiger partial charge in [0, 0.05) is 35.8 Å². The molecule has 1 amide bonds. The van der Waals surface area contributed by atoms with Gasteiger partial charge >= 0.3 is 0 Å². The number of ether oxygens (including phenoxy) is 1. The zero-order valence-electron chi connectivity index (χ0n) is 15.0. The maximum absolute atomic E-state index is 12.9. The van der Waals surface area contributed by atoms with Crippen molar-refractivity contribution in [1.82, 2.24) is 4.90 Å². The van der Waals surface area contributed by atoms with Gasteiger partial charge in [-0.25, -0.2) is 0 Å². The van der Waals surface area contributed by atoms with E-state index < -0.39 is 0 Å². The smallest absolute Gasteiger partial charge is 0.253 e. The van der Waals surface area contributed by atoms with E-state index in [1.54, 1.807) is 30.3 Å². The SMILES string of the molecule is CCCN(C[C@@H]1CCCO1)C(=O)c1ccc(-c2cc(Cl)ccc2O)cc1. The molecule has 0 spiro atoms. The monoisotopic (exact) mass is 373 g/mol. The lowest BCUT2D eigenvalue weighted by atomic mass is 10.0. The second-order valence-corrected chi connectivity index (χ2v) is 7.06. The van der Waals surface area contributed by atoms with Gasteiger partial charge in [-0.3, -0.25) is 4.79 Å². The predicted molar refractivity (Wildman–Crippen MR) is 104 cm³/mol. The molecular formula is C21H24ClNO3. The van der Waals surface area contributed by atoms with Crippen LogP contribution in [-0.4, -0.2) is 41.7 Å². The number of hydrogen-bond acceptors (Lipinski definition) is 3. The van der Waals surface area contributed by atoms with E-state index >= 15 is 0 Å². The fourth-order valence-corrected chi connectivity index (χ4v) is 3.47. The molecule has 1 N–H and O–H groups in total. The molecule has 1 fully saturated rings. The third kappa shape index (κ3) is 4.37. The zero-order valence-corrected chi connectivity index (χ0v) is 15.7. The highest BCUT2D eigenvalue weighted by atomic mass is 35.5. The number of nitrogens with zero attached hydrogens (tertiary/aromatic N) is 1. The summed E-state index contributed by atoms with van der Waals surface area (Å²) in [6, 6.07) is 12.2. The minimum atomic E-state index is 0.0178. The molecule has 1 aliphatic heterocycles. The van der Waals surface area contributed by atoms with E-state index in [-0.39, 0.29) is 17.8 Å². The van der Waals surface area contributed by atoms with Crippen LogP contribution in [0.5, 0.6) is 5.75 Å². The van der Waals surface area contributed by atoms with Gasteiger partial charge in [0.15, 0.2) is 0 Å². The molecule has 0 saturated carbocycles. The molecule has 1 aliphatic rings. The van der Waals surface area contributed by atoms with Crippen LogP contribution in [0.1, 0.15) is 36.5 Å². The van der Waals surface area contributed by atoms with Crippen LogP contribution in [0.4, 0.5) is 0 Å². The number of hydrogen-bond donors (Lipinski definition) is 1. The number of carbonyl (C=O) groups is 1. The molecule has 0 radical (unpaired) electrons. The number of halogens is 1. The summed E-state index contributed by atoms with van der Waals surface area (Å²) in [4.78, 5) is 14.8. The Hall–Kier alpha value is -2.04. The summed E-state index contributed by atoms with van der Waals surface area (Å²) in [5.74, 6) is 0.184. The lowest BCUT2D eigenvalue weighted by Gasteiger charge is -2.25. The van der Waals surface area contributed by atoms with E-state index in [1.807, 2.05) is 17.0 Å². The molecule has 0 unspecified atom stereocenters. The van der Waals surface area contributed by atoms with E-state index in [2.05, 4.69) is 6.92 Å². The summed E-state index contributed by atoms with van der Waals surface area (Å²) in [5, 5.41) is 10.6. The highest BCUT2D eigenvalue weighted by Crippen LogP contribution is 2.31. The van der Waals surface area contributed by atoms with Gasteiger partial charge in [0.1, 0.15) is 5.75 Å². The van der Waals surface area contributed by atoms with Gasteiger partial charge in [-0.2, -0.15) is 0 Å². The first-order valence-electron chi connectivity index (χ1n) is 9.08. The molecule has 0 aliphatic carbocycles. The Labute approximate surface area is 159 Å². The Morgan fingerprint density at radius 2 is 2.04 bits per heavy atom. The molecule has 2 aromatic rings. The highest BCUT2D eigenvalue weighted by molar-refractivity contribution is 6.31. The van der Waals surface area contributed by atoms with Crippen LogP contribution in [0.2, 0.25) is 5.02 Å². The number of phenols is 1. The number of aromatic hydroxyl groups is 1. The Morgan fingerprint density at radius 3 is 2.69 bits per heavy atom. The van der Waals surface area contributed by atoms with Crippen molar-refractivity contribution < 1.29 is 14.6 Å². The van der Waals surface area contributed by atoms with Crippen molar-refractivity contribution in [3.05, 3.63) is 53.1 Å². The summed E-state index contributed by atoms with van der Waals surface area (Å²) in [6.07, 6.45) is 3.14. The first-order chi connectivity index (χ1) is 12.6. The minimum absolute atomic E-state index is 0.0178. The number of rotatable bonds is 6. The van der Waals surface area contributed by atoms with Crippen molar-refractivity contribution in [2.75, 3.05) is 19.7 Å². The fourth-order valence-electron chi connectivity index (χ4n) is 3.29. The first-order valence-corrected chi connectivity index (χ1v) is 9.46. The van der Waals surface area contributed by atoms with Crippen LogP contribution in [0, 0.1) is 0 Å². The van der Waals surface area contributed by atoms with E-state index in [9.17, 15) is 9.90 Å². The summed E-state index contributed by atoms with van der Waals surface area (Å²) < 4.78 is 5.68. The van der Waals surface area contributed by atoms with Crippen LogP contribution >= 0.6 is 11.6 Å². The van der Waals surface area contributed by atoms with Crippen molar-refractivity contribution in [1.29, 1.82) is 0 Å². The molecule has 5 heteroatoms. The fraction of sp³-hybridized carbons (Fsp3) is 0.381. The van der Waals surface area contributed by atoms with Crippen molar-refractivity contribution in [3.8, 4) is 16.9 Å². The van der Waals surface area contributed by atoms with E-state index in [1.165, 1.54) is 0 Å². The van der Waals surface area contributed by atoms with Crippen LogP contribution in [0.3, 0.4) is 0 Å². The number of carbonyl (C=O) groups excluding carboxylic acids is 1. The van der Waals surface area contributed by atoms with Crippen LogP contribution < -0.4 is 0 Å². The van der Waals surface area contributed by atoms with Crippen LogP contribution in [0.25, 0.3) is 11.1 Å². The molecular weight excluding hydrogens is 350 g/mol. The normalized spacial score (nSPS) is 16.6. The Kier molecular flexibility index (Phi) is 6.17. The second-order valence-electron chi connectivity index (χ2n) is 6.63. The largest absolute Gasteiger partial charge is 0.507 e. The maximum atomic E-state index is 12.9. The summed E-state index contributed by atoms with van der Waals surface area (Å²) >= 11 is 6.02. The van der Waals surface area contributed by atoms with Crippen molar-refractivity contribution >= 4 is 17.5 Å². The average Bonchev–Trinajstić information content (AvgIpc) is 3.16. The molecule has 4 nitrogen and oxygen atoms in total. The maximum Gasteiger partial charge on any atom is 0.253 e. The highest BCUT2D eigenvalue weighted by Gasteiger charge is 2.23. The number of amides is 1. The Morgan fingerprint density at radius 1 is 1.27 bits per heavy atom. The average molecular weight is 374 g/mol. The quantitative estimate of drug-likeness (QED) is 0.795. The van der Waals surface area contributed by atoms with Crippen molar-refractivity contribution in [3.63, 3.8) is 0 Å². The third-order valence-electron chi connectivity index (χ3n) is 4.63. The minimum Gasteiger partial charge on any atom is -0.507 e. The van der Waals surface area contributed by atoms with Gasteiger partial charge in [-0.1, -0.05) is 30.7 Å². The molecule has 26 heavy (non-hydrogen) atoms. The van der Waals surface area contributed by atoms with Gasteiger partial charge in [-0.15, -0.1) is 0 Å². The number of benzene rings is 2. The molecule has 2 aromatic carbocycles. The van der Waals surface area contributed by atoms with Gasteiger partial charge in [-0.05, 0) is 55.2 Å². The summed E-state index contributed by atoms with van der Waals surface area (Å²) in [7, 11) is 0. The Balaban J connectivity index is 1.77. The van der Waals surface area contributed by atoms with Crippen LogP contribution in [0.15, 0.2) is 42.5 Å². The standard InChI is InChI=1S/C21H24ClNO3/c1-2-11-23(14-18-4-3-12-26-18)21(25)16-7-5-15(6-8-16)19-13-17(22)9-10-20(19)24/h5-10,13,18,24H,2-4,11-12,14H2,1H3/t18-/m0/s1. The molecule has 0 bridgehead atoms.